The zero-order chi connectivity index (χ0) is 4.41. The van der Waals surface area contributed by atoms with Gasteiger partial charge in [0.15, 0.2) is 6.26 Å². The molecule has 1 heterocycles. The van der Waals surface area contributed by atoms with Gasteiger partial charge >= 0.3 is 0 Å². The van der Waals surface area contributed by atoms with Crippen LogP contribution < -0.4 is 0 Å². The molecule has 32 valence electrons. The summed E-state index contributed by atoms with van der Waals surface area (Å²) in [5, 5.41) is 0. The topological polar surface area (TPSA) is 13.1 Å². The molecule has 0 atom stereocenters. The van der Waals surface area contributed by atoms with E-state index in [2.05, 4.69) is 10.7 Å². The van der Waals surface area contributed by atoms with Crippen LogP contribution in [0.2, 0.25) is 0 Å². The molecule has 7 heavy (non-hydrogen) atoms. The molecule has 1 aromatic heterocycles. The van der Waals surface area contributed by atoms with Gasteiger partial charge in [0.25, 0.3) is 0 Å². The van der Waals surface area contributed by atoms with Crippen LogP contribution in [-0.2, 0) is 0 Å². The summed E-state index contributed by atoms with van der Waals surface area (Å²) in [5.41, 5.74) is 1.12. The molecule has 1 nitrogen and oxygen atoms in total. The second-order valence-electron chi connectivity index (χ2n) is 1.24. The normalized spacial score (nSPS) is 7.57. The molecule has 0 aliphatic heterocycles. The van der Waals surface area contributed by atoms with E-state index >= 15 is 0 Å². The third-order valence-electron chi connectivity index (χ3n) is 0.599. The standard InChI is InChI=1S/C5H5O.Li/c1-5-2-3-6-4-5;/h2,4H,1H3;. The number of hydrogen-bond acceptors (Lipinski definition) is 1. The van der Waals surface area contributed by atoms with Gasteiger partial charge in [0.05, 0.1) is 6.26 Å². The molecule has 0 bridgehead atoms. The van der Waals surface area contributed by atoms with Crippen LogP contribution in [0, 0.1) is 13.2 Å². The molecule has 0 aromatic carbocycles. The van der Waals surface area contributed by atoms with Gasteiger partial charge in [-0.25, -0.2) is 0 Å². The van der Waals surface area contributed by atoms with Gasteiger partial charge in [-0.3, -0.25) is 0 Å². The zero-order valence-electron chi connectivity index (χ0n) is 4.56. The van der Waals surface area contributed by atoms with Gasteiger partial charge < -0.3 is 4.42 Å². The molecule has 2 radical (unpaired) electrons. The molecular weight excluding hydrogens is 83.0 g/mol. The van der Waals surface area contributed by atoms with E-state index in [1.165, 1.54) is 0 Å². The minimum Gasteiger partial charge on any atom is -0.461 e. The van der Waals surface area contributed by atoms with Crippen molar-refractivity contribution in [2.75, 3.05) is 0 Å². The Morgan fingerprint density at radius 1 is 1.71 bits per heavy atom. The first-order chi connectivity index (χ1) is 2.89. The Morgan fingerprint density at radius 2 is 2.43 bits per heavy atom. The largest absolute Gasteiger partial charge is 0.461 e. The van der Waals surface area contributed by atoms with Crippen molar-refractivity contribution in [3.63, 3.8) is 0 Å². The van der Waals surface area contributed by atoms with Crippen LogP contribution in [0.3, 0.4) is 0 Å². The van der Waals surface area contributed by atoms with Gasteiger partial charge in [0.2, 0.25) is 0 Å². The maximum atomic E-state index is 4.59. The maximum Gasteiger partial charge on any atom is 0.169 e. The van der Waals surface area contributed by atoms with E-state index in [-0.39, 0.29) is 18.9 Å². The van der Waals surface area contributed by atoms with Gasteiger partial charge in [-0.15, -0.1) is 0 Å². The predicted molar refractivity (Wildman–Crippen MR) is 28.0 cm³/mol. The van der Waals surface area contributed by atoms with Crippen LogP contribution in [0.5, 0.6) is 0 Å². The third-order valence-corrected chi connectivity index (χ3v) is 0.599. The average molecular weight is 88.0 g/mol. The van der Waals surface area contributed by atoms with Crippen molar-refractivity contribution in [1.82, 2.24) is 0 Å². The van der Waals surface area contributed by atoms with Crippen LogP contribution in [-0.4, -0.2) is 18.9 Å². The predicted octanol–water partition coefficient (Wildman–Crippen LogP) is 1.01. The second-order valence-corrected chi connectivity index (χ2v) is 1.24. The van der Waals surface area contributed by atoms with Crippen LogP contribution in [0.1, 0.15) is 5.56 Å². The summed E-state index contributed by atoms with van der Waals surface area (Å²) in [6.07, 6.45) is 4.21. The SMILES string of the molecule is Cc1c[c]oc1.[Li]. The summed E-state index contributed by atoms with van der Waals surface area (Å²) >= 11 is 0. The van der Waals surface area contributed by atoms with E-state index in [0.29, 0.717) is 0 Å². The molecule has 2 heteroatoms. The first kappa shape index (κ1) is 6.88. The number of rotatable bonds is 0. The summed E-state index contributed by atoms with van der Waals surface area (Å²) in [4.78, 5) is 0. The number of furan rings is 1. The van der Waals surface area contributed by atoms with Gasteiger partial charge in [-0.1, -0.05) is 0 Å². The summed E-state index contributed by atoms with van der Waals surface area (Å²) < 4.78 is 4.59. The van der Waals surface area contributed by atoms with Crippen molar-refractivity contribution in [3.05, 3.63) is 24.2 Å². The summed E-state index contributed by atoms with van der Waals surface area (Å²) in [6, 6.07) is 1.79. The molecule has 1 rings (SSSR count). The average Bonchev–Trinajstić information content (AvgIpc) is 1.86. The fraction of sp³-hybridized carbons (Fsp3) is 0.200. The molecule has 0 amide bonds. The first-order valence-corrected chi connectivity index (χ1v) is 1.81. The Bertz CT molecular complexity index is 112. The summed E-state index contributed by atoms with van der Waals surface area (Å²) in [7, 11) is 0. The Balaban J connectivity index is 0.000000360. The van der Waals surface area contributed by atoms with Gasteiger partial charge in [0, 0.05) is 18.9 Å². The van der Waals surface area contributed by atoms with Crippen molar-refractivity contribution >= 4 is 18.9 Å². The molecule has 0 saturated carbocycles. The monoisotopic (exact) mass is 88.1 g/mol. The Morgan fingerprint density at radius 3 is 2.57 bits per heavy atom. The maximum absolute atomic E-state index is 4.59. The third kappa shape index (κ3) is 1.87. The van der Waals surface area contributed by atoms with Crippen molar-refractivity contribution in [3.8, 4) is 0 Å². The summed E-state index contributed by atoms with van der Waals surface area (Å²) in [5.74, 6) is 0. The van der Waals surface area contributed by atoms with E-state index < -0.39 is 0 Å². The zero-order valence-corrected chi connectivity index (χ0v) is 4.56. The van der Waals surface area contributed by atoms with E-state index in [9.17, 15) is 0 Å². The number of hydrogen-bond donors (Lipinski definition) is 0. The van der Waals surface area contributed by atoms with E-state index in [0.717, 1.165) is 5.56 Å². The van der Waals surface area contributed by atoms with Crippen molar-refractivity contribution in [1.29, 1.82) is 0 Å². The molecule has 0 aliphatic carbocycles. The smallest absolute Gasteiger partial charge is 0.169 e. The molecular formula is C5H5LiO. The number of aryl methyl sites for hydroxylation is 1. The molecule has 0 unspecified atom stereocenters. The Hall–Kier alpha value is -0.123. The van der Waals surface area contributed by atoms with E-state index in [1.54, 1.807) is 12.3 Å². The van der Waals surface area contributed by atoms with Gasteiger partial charge in [-0.05, 0) is 18.6 Å². The van der Waals surface area contributed by atoms with Gasteiger partial charge in [0.1, 0.15) is 0 Å². The van der Waals surface area contributed by atoms with Gasteiger partial charge in [-0.2, -0.15) is 0 Å². The molecule has 0 saturated heterocycles. The molecule has 0 aliphatic rings. The minimum absolute atomic E-state index is 0. The Kier molecular flexibility index (Phi) is 2.90. The minimum atomic E-state index is 0. The van der Waals surface area contributed by atoms with Crippen molar-refractivity contribution in [2.45, 2.75) is 6.92 Å². The van der Waals surface area contributed by atoms with E-state index in [4.69, 9.17) is 0 Å². The quantitative estimate of drug-likeness (QED) is 0.431. The summed E-state index contributed by atoms with van der Waals surface area (Å²) in [6.45, 7) is 1.96. The van der Waals surface area contributed by atoms with E-state index in [1.807, 2.05) is 6.92 Å². The van der Waals surface area contributed by atoms with Crippen LogP contribution in [0.4, 0.5) is 0 Å². The van der Waals surface area contributed by atoms with Crippen LogP contribution in [0.25, 0.3) is 0 Å². The molecule has 0 N–H and O–H groups in total. The van der Waals surface area contributed by atoms with Crippen molar-refractivity contribution in [2.24, 2.45) is 0 Å². The van der Waals surface area contributed by atoms with Crippen LogP contribution >= 0.6 is 0 Å². The molecule has 0 fully saturated rings. The van der Waals surface area contributed by atoms with Crippen molar-refractivity contribution < 1.29 is 4.42 Å². The first-order valence-electron chi connectivity index (χ1n) is 1.81. The second kappa shape index (κ2) is 2.96. The molecule has 0 spiro atoms. The fourth-order valence-electron chi connectivity index (χ4n) is 0.288. The Labute approximate surface area is 54.9 Å². The van der Waals surface area contributed by atoms with Crippen LogP contribution in [0.15, 0.2) is 16.7 Å². The molecule has 1 aromatic rings. The fourth-order valence-corrected chi connectivity index (χ4v) is 0.288.